The lowest BCUT2D eigenvalue weighted by atomic mass is 9.98. The van der Waals surface area contributed by atoms with Gasteiger partial charge in [-0.15, -0.1) is 0 Å². The molecule has 0 bridgehead atoms. The van der Waals surface area contributed by atoms with Gasteiger partial charge in [0.25, 0.3) is 0 Å². The van der Waals surface area contributed by atoms with Gasteiger partial charge in [-0.1, -0.05) is 0 Å². The summed E-state index contributed by atoms with van der Waals surface area (Å²) in [7, 11) is 1.32. The fourth-order valence-corrected chi connectivity index (χ4v) is 1.08. The van der Waals surface area contributed by atoms with Crippen LogP contribution in [0, 0.1) is 0 Å². The van der Waals surface area contributed by atoms with Crippen LogP contribution in [0.4, 0.5) is 0 Å². The SMILES string of the molecule is COC(=O)C(C)(N)Cc1cnc[nH]1. The lowest BCUT2D eigenvalue weighted by molar-refractivity contribution is -0.146. The summed E-state index contributed by atoms with van der Waals surface area (Å²) in [6.45, 7) is 1.62. The standard InChI is InChI=1S/C8H13N3O2/c1-8(9,7(12)13-2)3-6-4-10-5-11-6/h4-5H,3,9H2,1-2H3,(H,10,11). The van der Waals surface area contributed by atoms with Gasteiger partial charge in [0.1, 0.15) is 5.54 Å². The Labute approximate surface area is 76.3 Å². The Balaban J connectivity index is 2.67. The summed E-state index contributed by atoms with van der Waals surface area (Å²) in [5.41, 5.74) is 5.56. The van der Waals surface area contributed by atoms with E-state index in [0.717, 1.165) is 5.69 Å². The molecular formula is C8H13N3O2. The normalized spacial score (nSPS) is 15.0. The Kier molecular flexibility index (Phi) is 2.67. The van der Waals surface area contributed by atoms with E-state index in [0.29, 0.717) is 6.42 Å². The molecule has 0 aliphatic heterocycles. The number of hydrogen-bond acceptors (Lipinski definition) is 4. The number of rotatable bonds is 3. The number of ether oxygens (including phenoxy) is 1. The Morgan fingerprint density at radius 1 is 1.85 bits per heavy atom. The molecule has 0 aliphatic rings. The van der Waals surface area contributed by atoms with Gasteiger partial charge < -0.3 is 15.5 Å². The lowest BCUT2D eigenvalue weighted by Gasteiger charge is -2.20. The maximum absolute atomic E-state index is 11.2. The van der Waals surface area contributed by atoms with E-state index in [9.17, 15) is 4.79 Å². The van der Waals surface area contributed by atoms with Crippen LogP contribution in [0.3, 0.4) is 0 Å². The van der Waals surface area contributed by atoms with Crippen molar-refractivity contribution in [2.45, 2.75) is 18.9 Å². The van der Waals surface area contributed by atoms with Crippen molar-refractivity contribution < 1.29 is 9.53 Å². The number of imidazole rings is 1. The predicted molar refractivity (Wildman–Crippen MR) is 46.9 cm³/mol. The van der Waals surface area contributed by atoms with E-state index in [2.05, 4.69) is 14.7 Å². The highest BCUT2D eigenvalue weighted by Crippen LogP contribution is 2.09. The van der Waals surface area contributed by atoms with E-state index in [-0.39, 0.29) is 0 Å². The largest absolute Gasteiger partial charge is 0.468 e. The van der Waals surface area contributed by atoms with Gasteiger partial charge in [0.2, 0.25) is 0 Å². The van der Waals surface area contributed by atoms with Gasteiger partial charge in [0, 0.05) is 18.3 Å². The van der Waals surface area contributed by atoms with Crippen LogP contribution < -0.4 is 5.73 Å². The molecule has 5 nitrogen and oxygen atoms in total. The third-order valence-corrected chi connectivity index (χ3v) is 1.76. The van der Waals surface area contributed by atoms with Gasteiger partial charge in [-0.2, -0.15) is 0 Å². The first kappa shape index (κ1) is 9.73. The van der Waals surface area contributed by atoms with Crippen molar-refractivity contribution >= 4 is 5.97 Å². The molecule has 1 heterocycles. The molecule has 1 aromatic heterocycles. The van der Waals surface area contributed by atoms with Crippen LogP contribution in [0.1, 0.15) is 12.6 Å². The second kappa shape index (κ2) is 3.57. The van der Waals surface area contributed by atoms with Crippen LogP contribution in [-0.2, 0) is 16.0 Å². The molecule has 72 valence electrons. The minimum Gasteiger partial charge on any atom is -0.468 e. The number of aromatic amines is 1. The van der Waals surface area contributed by atoms with Gasteiger partial charge >= 0.3 is 5.97 Å². The van der Waals surface area contributed by atoms with E-state index in [4.69, 9.17) is 5.73 Å². The minimum atomic E-state index is -0.999. The molecule has 0 saturated carbocycles. The Morgan fingerprint density at radius 2 is 2.54 bits per heavy atom. The van der Waals surface area contributed by atoms with Crippen molar-refractivity contribution in [3.63, 3.8) is 0 Å². The molecule has 0 fully saturated rings. The predicted octanol–water partition coefficient (Wildman–Crippen LogP) is -0.157. The van der Waals surface area contributed by atoms with Crippen molar-refractivity contribution in [3.05, 3.63) is 18.2 Å². The number of aromatic nitrogens is 2. The molecule has 1 rings (SSSR count). The first-order valence-electron chi connectivity index (χ1n) is 3.91. The minimum absolute atomic E-state index is 0.389. The fraction of sp³-hybridized carbons (Fsp3) is 0.500. The summed E-state index contributed by atoms with van der Waals surface area (Å²) in [6.07, 6.45) is 3.57. The van der Waals surface area contributed by atoms with E-state index in [1.807, 2.05) is 0 Å². The summed E-state index contributed by atoms with van der Waals surface area (Å²) >= 11 is 0. The molecule has 0 aromatic carbocycles. The number of hydrogen-bond donors (Lipinski definition) is 2. The quantitative estimate of drug-likeness (QED) is 0.638. The number of nitrogens with zero attached hydrogens (tertiary/aromatic N) is 1. The van der Waals surface area contributed by atoms with Crippen molar-refractivity contribution in [2.24, 2.45) is 5.73 Å². The Bertz CT molecular complexity index is 280. The molecule has 13 heavy (non-hydrogen) atoms. The zero-order valence-electron chi connectivity index (χ0n) is 7.70. The summed E-state index contributed by atoms with van der Waals surface area (Å²) in [4.78, 5) is 17.9. The van der Waals surface area contributed by atoms with Crippen LogP contribution in [-0.4, -0.2) is 28.6 Å². The molecule has 1 atom stereocenters. The van der Waals surface area contributed by atoms with Crippen LogP contribution in [0.5, 0.6) is 0 Å². The van der Waals surface area contributed by atoms with Crippen molar-refractivity contribution in [1.82, 2.24) is 9.97 Å². The molecule has 1 unspecified atom stereocenters. The van der Waals surface area contributed by atoms with Crippen LogP contribution in [0.25, 0.3) is 0 Å². The lowest BCUT2D eigenvalue weighted by Crippen LogP contribution is -2.47. The smallest absolute Gasteiger partial charge is 0.325 e. The molecule has 3 N–H and O–H groups in total. The van der Waals surface area contributed by atoms with Crippen LogP contribution >= 0.6 is 0 Å². The average Bonchev–Trinajstić information content (AvgIpc) is 2.54. The van der Waals surface area contributed by atoms with E-state index in [1.165, 1.54) is 7.11 Å². The number of nitrogens with two attached hydrogens (primary N) is 1. The van der Waals surface area contributed by atoms with Crippen LogP contribution in [0.2, 0.25) is 0 Å². The third kappa shape index (κ3) is 2.29. The van der Waals surface area contributed by atoms with E-state index in [1.54, 1.807) is 19.4 Å². The topological polar surface area (TPSA) is 81.0 Å². The highest BCUT2D eigenvalue weighted by Gasteiger charge is 2.30. The summed E-state index contributed by atoms with van der Waals surface area (Å²) < 4.78 is 4.57. The fourth-order valence-electron chi connectivity index (χ4n) is 1.08. The molecule has 0 saturated heterocycles. The number of carbonyl (C=O) groups excluding carboxylic acids is 1. The molecular weight excluding hydrogens is 170 g/mol. The van der Waals surface area contributed by atoms with Crippen molar-refractivity contribution in [2.75, 3.05) is 7.11 Å². The Hall–Kier alpha value is -1.36. The van der Waals surface area contributed by atoms with Gasteiger partial charge in [-0.3, -0.25) is 4.79 Å². The van der Waals surface area contributed by atoms with E-state index >= 15 is 0 Å². The number of carbonyl (C=O) groups is 1. The van der Waals surface area contributed by atoms with Gasteiger partial charge in [-0.05, 0) is 6.92 Å². The summed E-state index contributed by atoms with van der Waals surface area (Å²) in [5, 5.41) is 0. The number of esters is 1. The molecule has 0 amide bonds. The zero-order chi connectivity index (χ0) is 9.90. The van der Waals surface area contributed by atoms with Crippen LogP contribution in [0.15, 0.2) is 12.5 Å². The van der Waals surface area contributed by atoms with Crippen molar-refractivity contribution in [1.29, 1.82) is 0 Å². The maximum Gasteiger partial charge on any atom is 0.325 e. The highest BCUT2D eigenvalue weighted by molar-refractivity contribution is 5.80. The van der Waals surface area contributed by atoms with Crippen molar-refractivity contribution in [3.8, 4) is 0 Å². The average molecular weight is 183 g/mol. The van der Waals surface area contributed by atoms with E-state index < -0.39 is 11.5 Å². The molecule has 0 radical (unpaired) electrons. The summed E-state index contributed by atoms with van der Waals surface area (Å²) in [6, 6.07) is 0. The monoisotopic (exact) mass is 183 g/mol. The van der Waals surface area contributed by atoms with Gasteiger partial charge in [0.15, 0.2) is 0 Å². The number of H-pyrrole nitrogens is 1. The highest BCUT2D eigenvalue weighted by atomic mass is 16.5. The third-order valence-electron chi connectivity index (χ3n) is 1.76. The van der Waals surface area contributed by atoms with Gasteiger partial charge in [-0.25, -0.2) is 4.98 Å². The summed E-state index contributed by atoms with van der Waals surface area (Å²) in [5.74, 6) is -0.429. The Morgan fingerprint density at radius 3 is 3.00 bits per heavy atom. The first-order chi connectivity index (χ1) is 6.06. The number of methoxy groups -OCH3 is 1. The second-order valence-electron chi connectivity index (χ2n) is 3.16. The molecule has 1 aromatic rings. The second-order valence-corrected chi connectivity index (χ2v) is 3.16. The first-order valence-corrected chi connectivity index (χ1v) is 3.91. The molecule has 0 aliphatic carbocycles. The molecule has 0 spiro atoms. The zero-order valence-corrected chi connectivity index (χ0v) is 7.70. The molecule has 5 heteroatoms. The van der Waals surface area contributed by atoms with Gasteiger partial charge in [0.05, 0.1) is 13.4 Å². The number of nitrogens with one attached hydrogen (secondary N) is 1. The maximum atomic E-state index is 11.2.